The molecular weight excluding hydrogens is 170 g/mol. The summed E-state index contributed by atoms with van der Waals surface area (Å²) in [6, 6.07) is 0. The van der Waals surface area contributed by atoms with Crippen molar-refractivity contribution in [2.45, 2.75) is 12.8 Å². The zero-order valence-corrected chi connectivity index (χ0v) is 7.19. The molecule has 0 atom stereocenters. The summed E-state index contributed by atoms with van der Waals surface area (Å²) in [6.07, 6.45) is 4.65. The SMILES string of the molecule is O=C(O)N1CCOC2=C1C=CCC2. The molecule has 0 saturated carbocycles. The van der Waals surface area contributed by atoms with Crippen LogP contribution in [-0.2, 0) is 4.74 Å². The van der Waals surface area contributed by atoms with Crippen molar-refractivity contribution in [3.05, 3.63) is 23.6 Å². The predicted octanol–water partition coefficient (Wildman–Crippen LogP) is 1.56. The van der Waals surface area contributed by atoms with E-state index in [-0.39, 0.29) is 0 Å². The van der Waals surface area contributed by atoms with E-state index in [0.717, 1.165) is 18.6 Å². The minimum absolute atomic E-state index is 0.429. The molecular formula is C9H11NO3. The van der Waals surface area contributed by atoms with Gasteiger partial charge in [0.05, 0.1) is 12.2 Å². The second kappa shape index (κ2) is 3.12. The Hall–Kier alpha value is -1.45. The first-order chi connectivity index (χ1) is 6.29. The quantitative estimate of drug-likeness (QED) is 0.617. The van der Waals surface area contributed by atoms with Crippen molar-refractivity contribution in [2.75, 3.05) is 13.2 Å². The molecule has 0 aromatic heterocycles. The lowest BCUT2D eigenvalue weighted by Gasteiger charge is -2.30. The molecule has 0 spiro atoms. The number of allylic oxidation sites excluding steroid dienone is 3. The fourth-order valence-electron chi connectivity index (χ4n) is 1.60. The minimum Gasteiger partial charge on any atom is -0.494 e. The molecule has 0 bridgehead atoms. The van der Waals surface area contributed by atoms with E-state index in [4.69, 9.17) is 9.84 Å². The molecule has 70 valence electrons. The highest BCUT2D eigenvalue weighted by Crippen LogP contribution is 2.26. The fraction of sp³-hybridized carbons (Fsp3) is 0.444. The summed E-state index contributed by atoms with van der Waals surface area (Å²) >= 11 is 0. The number of carboxylic acid groups (broad SMARTS) is 1. The van der Waals surface area contributed by atoms with Crippen molar-refractivity contribution in [2.24, 2.45) is 0 Å². The molecule has 0 aromatic rings. The highest BCUT2D eigenvalue weighted by atomic mass is 16.5. The fourth-order valence-corrected chi connectivity index (χ4v) is 1.60. The zero-order chi connectivity index (χ0) is 9.26. The summed E-state index contributed by atoms with van der Waals surface area (Å²) in [5, 5.41) is 8.88. The highest BCUT2D eigenvalue weighted by molar-refractivity contribution is 5.69. The molecule has 0 saturated heterocycles. The Bertz CT molecular complexity index is 293. The molecule has 1 aliphatic carbocycles. The van der Waals surface area contributed by atoms with Crippen molar-refractivity contribution in [3.63, 3.8) is 0 Å². The van der Waals surface area contributed by atoms with Gasteiger partial charge in [-0.25, -0.2) is 4.79 Å². The molecule has 0 unspecified atom stereocenters. The van der Waals surface area contributed by atoms with Crippen LogP contribution in [0, 0.1) is 0 Å². The van der Waals surface area contributed by atoms with Gasteiger partial charge < -0.3 is 9.84 Å². The first kappa shape index (κ1) is 8.16. The maximum absolute atomic E-state index is 10.8. The molecule has 4 heteroatoms. The van der Waals surface area contributed by atoms with Crippen LogP contribution in [0.4, 0.5) is 4.79 Å². The Labute approximate surface area is 76.1 Å². The lowest BCUT2D eigenvalue weighted by Crippen LogP contribution is -2.36. The van der Waals surface area contributed by atoms with Gasteiger partial charge in [-0.2, -0.15) is 0 Å². The van der Waals surface area contributed by atoms with Gasteiger partial charge in [-0.1, -0.05) is 6.08 Å². The number of hydrogen-bond donors (Lipinski definition) is 1. The van der Waals surface area contributed by atoms with Crippen molar-refractivity contribution >= 4 is 6.09 Å². The van der Waals surface area contributed by atoms with E-state index in [2.05, 4.69) is 0 Å². The number of nitrogens with zero attached hydrogens (tertiary/aromatic N) is 1. The van der Waals surface area contributed by atoms with Gasteiger partial charge in [0.1, 0.15) is 12.4 Å². The smallest absolute Gasteiger partial charge is 0.412 e. The van der Waals surface area contributed by atoms with E-state index >= 15 is 0 Å². The topological polar surface area (TPSA) is 49.8 Å². The molecule has 0 radical (unpaired) electrons. The predicted molar refractivity (Wildman–Crippen MR) is 46.1 cm³/mol. The average molecular weight is 181 g/mol. The standard InChI is InChI=1S/C9H11NO3/c11-9(12)10-5-6-13-8-4-2-1-3-7(8)10/h1,3H,2,4-6H2,(H,11,12). The number of amides is 1. The number of carbonyl (C=O) groups is 1. The maximum Gasteiger partial charge on any atom is 0.412 e. The second-order valence-corrected chi connectivity index (χ2v) is 3.03. The van der Waals surface area contributed by atoms with E-state index in [1.54, 1.807) is 0 Å². The van der Waals surface area contributed by atoms with Crippen molar-refractivity contribution in [1.82, 2.24) is 4.90 Å². The molecule has 1 N–H and O–H groups in total. The second-order valence-electron chi connectivity index (χ2n) is 3.03. The van der Waals surface area contributed by atoms with Gasteiger partial charge in [-0.05, 0) is 12.5 Å². The molecule has 13 heavy (non-hydrogen) atoms. The van der Waals surface area contributed by atoms with Crippen LogP contribution in [-0.4, -0.2) is 29.3 Å². The lowest BCUT2D eigenvalue weighted by molar-refractivity contribution is 0.107. The summed E-state index contributed by atoms with van der Waals surface area (Å²) in [6.45, 7) is 0.900. The number of hydrogen-bond acceptors (Lipinski definition) is 2. The van der Waals surface area contributed by atoms with Crippen LogP contribution in [0.1, 0.15) is 12.8 Å². The minimum atomic E-state index is -0.901. The summed E-state index contributed by atoms with van der Waals surface area (Å²) < 4.78 is 5.39. The van der Waals surface area contributed by atoms with Crippen LogP contribution in [0.2, 0.25) is 0 Å². The largest absolute Gasteiger partial charge is 0.494 e. The molecule has 1 aliphatic heterocycles. The molecule has 1 amide bonds. The Morgan fingerprint density at radius 2 is 2.46 bits per heavy atom. The first-order valence-electron chi connectivity index (χ1n) is 4.32. The van der Waals surface area contributed by atoms with E-state index in [1.807, 2.05) is 12.2 Å². The van der Waals surface area contributed by atoms with Gasteiger partial charge >= 0.3 is 6.09 Å². The first-order valence-corrected chi connectivity index (χ1v) is 4.32. The molecule has 1 heterocycles. The van der Waals surface area contributed by atoms with Crippen molar-refractivity contribution in [3.8, 4) is 0 Å². The molecule has 0 aromatic carbocycles. The van der Waals surface area contributed by atoms with Crippen LogP contribution in [0.3, 0.4) is 0 Å². The van der Waals surface area contributed by atoms with E-state index < -0.39 is 6.09 Å². The van der Waals surface area contributed by atoms with Crippen LogP contribution in [0.5, 0.6) is 0 Å². The van der Waals surface area contributed by atoms with Gasteiger partial charge in [0.2, 0.25) is 0 Å². The summed E-state index contributed by atoms with van der Waals surface area (Å²) in [5.74, 6) is 0.816. The van der Waals surface area contributed by atoms with E-state index in [1.165, 1.54) is 4.90 Å². The lowest BCUT2D eigenvalue weighted by atomic mass is 10.1. The van der Waals surface area contributed by atoms with Crippen LogP contribution in [0.15, 0.2) is 23.6 Å². The molecule has 2 aliphatic rings. The zero-order valence-electron chi connectivity index (χ0n) is 7.19. The molecule has 2 rings (SSSR count). The van der Waals surface area contributed by atoms with Crippen LogP contribution >= 0.6 is 0 Å². The molecule has 0 fully saturated rings. The Kier molecular flexibility index (Phi) is 1.96. The third kappa shape index (κ3) is 1.39. The Morgan fingerprint density at radius 3 is 3.23 bits per heavy atom. The summed E-state index contributed by atoms with van der Waals surface area (Å²) in [7, 11) is 0. The Morgan fingerprint density at radius 1 is 1.62 bits per heavy atom. The maximum atomic E-state index is 10.8. The van der Waals surface area contributed by atoms with Gasteiger partial charge in [-0.3, -0.25) is 4.90 Å². The van der Waals surface area contributed by atoms with E-state index in [0.29, 0.717) is 18.8 Å². The van der Waals surface area contributed by atoms with Gasteiger partial charge in [0.15, 0.2) is 0 Å². The summed E-state index contributed by atoms with van der Waals surface area (Å²) in [5.41, 5.74) is 0.713. The van der Waals surface area contributed by atoms with Crippen molar-refractivity contribution < 1.29 is 14.6 Å². The van der Waals surface area contributed by atoms with Gasteiger partial charge in [0, 0.05) is 6.42 Å². The highest BCUT2D eigenvalue weighted by Gasteiger charge is 2.25. The Balaban J connectivity index is 2.31. The van der Waals surface area contributed by atoms with Gasteiger partial charge in [0.25, 0.3) is 0 Å². The third-order valence-corrected chi connectivity index (χ3v) is 2.21. The number of rotatable bonds is 0. The third-order valence-electron chi connectivity index (χ3n) is 2.21. The number of ether oxygens (including phenoxy) is 1. The van der Waals surface area contributed by atoms with Crippen molar-refractivity contribution in [1.29, 1.82) is 0 Å². The van der Waals surface area contributed by atoms with Gasteiger partial charge in [-0.15, -0.1) is 0 Å². The average Bonchev–Trinajstić information content (AvgIpc) is 2.17. The van der Waals surface area contributed by atoms with Crippen LogP contribution in [0.25, 0.3) is 0 Å². The summed E-state index contributed by atoms with van der Waals surface area (Å²) in [4.78, 5) is 12.2. The van der Waals surface area contributed by atoms with E-state index in [9.17, 15) is 4.79 Å². The molecule has 4 nitrogen and oxygen atoms in total. The van der Waals surface area contributed by atoms with Crippen LogP contribution < -0.4 is 0 Å². The monoisotopic (exact) mass is 181 g/mol. The normalized spacial score (nSPS) is 21.1.